The number of piperidine rings is 1. The molecule has 1 saturated heterocycles. The van der Waals surface area contributed by atoms with Gasteiger partial charge in [0.15, 0.2) is 9.84 Å². The van der Waals surface area contributed by atoms with Gasteiger partial charge in [-0.3, -0.25) is 0 Å². The summed E-state index contributed by atoms with van der Waals surface area (Å²) in [7, 11) is -3.34. The number of hydrogen-bond donors (Lipinski definition) is 1. The predicted octanol–water partition coefficient (Wildman–Crippen LogP) is 2.55. The van der Waals surface area contributed by atoms with Gasteiger partial charge in [-0.05, 0) is 68.5 Å². The average molecular weight is 299 g/mol. The van der Waals surface area contributed by atoms with Crippen LogP contribution < -0.4 is 5.32 Å². The maximum absolute atomic E-state index is 13.5. The molecule has 1 aromatic carbocycles. The zero-order chi connectivity index (χ0) is 14.6. The Morgan fingerprint density at radius 2 is 1.95 bits per heavy atom. The van der Waals surface area contributed by atoms with Crippen LogP contribution >= 0.6 is 0 Å². The van der Waals surface area contributed by atoms with E-state index in [0.29, 0.717) is 0 Å². The molecule has 0 atom stereocenters. The fourth-order valence-electron chi connectivity index (χ4n) is 2.74. The molecule has 0 saturated carbocycles. The lowest BCUT2D eigenvalue weighted by atomic mass is 9.91. The van der Waals surface area contributed by atoms with E-state index in [4.69, 9.17) is 0 Å². The molecule has 0 spiro atoms. The first kappa shape index (κ1) is 15.4. The summed E-state index contributed by atoms with van der Waals surface area (Å²) in [6, 6.07) is 4.13. The zero-order valence-electron chi connectivity index (χ0n) is 11.9. The number of halogens is 1. The molecule has 1 N–H and O–H groups in total. The fourth-order valence-corrected chi connectivity index (χ4v) is 3.44. The summed E-state index contributed by atoms with van der Waals surface area (Å²) in [6.45, 7) is 2.17. The maximum atomic E-state index is 13.5. The quantitative estimate of drug-likeness (QED) is 0.909. The van der Waals surface area contributed by atoms with Gasteiger partial charge in [0.1, 0.15) is 5.82 Å². The van der Waals surface area contributed by atoms with Crippen molar-refractivity contribution in [2.75, 3.05) is 19.3 Å². The summed E-state index contributed by atoms with van der Waals surface area (Å²) in [5, 5.41) is 3.34. The fraction of sp³-hybridized carbons (Fsp3) is 0.600. The first-order valence-corrected chi connectivity index (χ1v) is 9.04. The van der Waals surface area contributed by atoms with Crippen LogP contribution in [0.4, 0.5) is 4.39 Å². The van der Waals surface area contributed by atoms with E-state index in [1.807, 2.05) is 0 Å². The van der Waals surface area contributed by atoms with Gasteiger partial charge < -0.3 is 5.32 Å². The minimum Gasteiger partial charge on any atom is -0.317 e. The zero-order valence-corrected chi connectivity index (χ0v) is 12.7. The van der Waals surface area contributed by atoms with Crippen molar-refractivity contribution in [3.63, 3.8) is 0 Å². The number of aryl methyl sites for hydroxylation is 1. The van der Waals surface area contributed by atoms with Gasteiger partial charge in [-0.15, -0.1) is 0 Å². The van der Waals surface area contributed by atoms with Crippen molar-refractivity contribution >= 4 is 9.84 Å². The number of hydrogen-bond acceptors (Lipinski definition) is 3. The van der Waals surface area contributed by atoms with Crippen molar-refractivity contribution in [2.24, 2.45) is 5.92 Å². The molecular formula is C15H22FNO2S. The van der Waals surface area contributed by atoms with Gasteiger partial charge in [0, 0.05) is 6.26 Å². The Morgan fingerprint density at radius 3 is 2.60 bits per heavy atom. The van der Waals surface area contributed by atoms with Crippen LogP contribution in [0.1, 0.15) is 31.2 Å². The minimum absolute atomic E-state index is 0.0781. The van der Waals surface area contributed by atoms with E-state index in [0.717, 1.165) is 56.2 Å². The molecule has 0 unspecified atom stereocenters. The van der Waals surface area contributed by atoms with Gasteiger partial charge in [-0.2, -0.15) is 0 Å². The van der Waals surface area contributed by atoms with E-state index in [-0.39, 0.29) is 4.90 Å². The highest BCUT2D eigenvalue weighted by Gasteiger charge is 2.13. The van der Waals surface area contributed by atoms with E-state index in [1.165, 1.54) is 18.9 Å². The molecule has 0 aromatic heterocycles. The van der Waals surface area contributed by atoms with Crippen molar-refractivity contribution in [3.05, 3.63) is 29.6 Å². The molecule has 1 aliphatic heterocycles. The summed E-state index contributed by atoms with van der Waals surface area (Å²) in [6.07, 6.45) is 6.38. The van der Waals surface area contributed by atoms with Crippen molar-refractivity contribution in [1.82, 2.24) is 5.32 Å². The second kappa shape index (κ2) is 6.68. The normalized spacial score (nSPS) is 17.3. The van der Waals surface area contributed by atoms with Crippen LogP contribution in [0.3, 0.4) is 0 Å². The Bertz CT molecular complexity index is 551. The predicted molar refractivity (Wildman–Crippen MR) is 78.0 cm³/mol. The summed E-state index contributed by atoms with van der Waals surface area (Å²) in [5.41, 5.74) is 0.777. The number of nitrogens with one attached hydrogen (secondary N) is 1. The number of sulfone groups is 1. The Balaban J connectivity index is 1.94. The molecule has 0 amide bonds. The molecule has 112 valence electrons. The van der Waals surface area contributed by atoms with Crippen LogP contribution in [-0.4, -0.2) is 27.8 Å². The van der Waals surface area contributed by atoms with Gasteiger partial charge in [0.25, 0.3) is 0 Å². The van der Waals surface area contributed by atoms with Crippen LogP contribution in [0.2, 0.25) is 0 Å². The van der Waals surface area contributed by atoms with Crippen LogP contribution in [0.5, 0.6) is 0 Å². The molecule has 1 heterocycles. The Morgan fingerprint density at radius 1 is 1.25 bits per heavy atom. The summed E-state index contributed by atoms with van der Waals surface area (Å²) in [4.78, 5) is 0.0781. The molecule has 3 nitrogen and oxygen atoms in total. The molecule has 1 aromatic rings. The third-order valence-corrected chi connectivity index (χ3v) is 4.99. The van der Waals surface area contributed by atoms with E-state index in [2.05, 4.69) is 5.32 Å². The molecule has 0 bridgehead atoms. The lowest BCUT2D eigenvalue weighted by Gasteiger charge is -2.22. The number of benzene rings is 1. The first-order valence-electron chi connectivity index (χ1n) is 7.15. The molecular weight excluding hydrogens is 277 g/mol. The van der Waals surface area contributed by atoms with Gasteiger partial charge in [-0.1, -0.05) is 6.42 Å². The Hall–Kier alpha value is -0.940. The maximum Gasteiger partial charge on any atom is 0.175 e. The van der Waals surface area contributed by atoms with Gasteiger partial charge >= 0.3 is 0 Å². The second-order valence-electron chi connectivity index (χ2n) is 5.65. The molecule has 1 aliphatic rings. The third kappa shape index (κ3) is 4.56. The van der Waals surface area contributed by atoms with Crippen LogP contribution in [0, 0.1) is 11.7 Å². The molecule has 2 rings (SSSR count). The smallest absolute Gasteiger partial charge is 0.175 e. The largest absolute Gasteiger partial charge is 0.317 e. The monoisotopic (exact) mass is 299 g/mol. The Labute approximate surface area is 120 Å². The SMILES string of the molecule is CS(=O)(=O)c1cc(F)cc(CCCC2CCNCC2)c1. The molecule has 0 radical (unpaired) electrons. The highest BCUT2D eigenvalue weighted by molar-refractivity contribution is 7.90. The van der Waals surface area contributed by atoms with Crippen LogP contribution in [0.15, 0.2) is 23.1 Å². The molecule has 20 heavy (non-hydrogen) atoms. The van der Waals surface area contributed by atoms with E-state index in [9.17, 15) is 12.8 Å². The van der Waals surface area contributed by atoms with E-state index < -0.39 is 15.7 Å². The van der Waals surface area contributed by atoms with Crippen molar-refractivity contribution in [2.45, 2.75) is 37.0 Å². The molecule has 5 heteroatoms. The molecule has 1 fully saturated rings. The van der Waals surface area contributed by atoms with E-state index in [1.54, 1.807) is 6.07 Å². The van der Waals surface area contributed by atoms with Crippen molar-refractivity contribution in [3.8, 4) is 0 Å². The highest BCUT2D eigenvalue weighted by atomic mass is 32.2. The number of rotatable bonds is 5. The highest BCUT2D eigenvalue weighted by Crippen LogP contribution is 2.21. The molecule has 0 aliphatic carbocycles. The second-order valence-corrected chi connectivity index (χ2v) is 7.67. The Kier molecular flexibility index (Phi) is 5.16. The topological polar surface area (TPSA) is 46.2 Å². The lowest BCUT2D eigenvalue weighted by molar-refractivity contribution is 0.347. The first-order chi connectivity index (χ1) is 9.45. The van der Waals surface area contributed by atoms with Gasteiger partial charge in [-0.25, -0.2) is 12.8 Å². The van der Waals surface area contributed by atoms with Crippen LogP contribution in [0.25, 0.3) is 0 Å². The summed E-state index contributed by atoms with van der Waals surface area (Å²) < 4.78 is 36.4. The van der Waals surface area contributed by atoms with Crippen molar-refractivity contribution in [1.29, 1.82) is 0 Å². The van der Waals surface area contributed by atoms with Gasteiger partial charge in [0.05, 0.1) is 4.90 Å². The van der Waals surface area contributed by atoms with Gasteiger partial charge in [0.2, 0.25) is 0 Å². The summed E-state index contributed by atoms with van der Waals surface area (Å²) in [5.74, 6) is 0.281. The average Bonchev–Trinajstić information content (AvgIpc) is 2.38. The summed E-state index contributed by atoms with van der Waals surface area (Å²) >= 11 is 0. The van der Waals surface area contributed by atoms with Crippen molar-refractivity contribution < 1.29 is 12.8 Å². The van der Waals surface area contributed by atoms with Crippen LogP contribution in [-0.2, 0) is 16.3 Å². The lowest BCUT2D eigenvalue weighted by Crippen LogP contribution is -2.27. The van der Waals surface area contributed by atoms with E-state index >= 15 is 0 Å². The third-order valence-electron chi connectivity index (χ3n) is 3.90. The standard InChI is InChI=1S/C15H22FNO2S/c1-20(18,19)15-10-13(9-14(16)11-15)4-2-3-12-5-7-17-8-6-12/h9-12,17H,2-8H2,1H3. The minimum atomic E-state index is -3.34.